The third kappa shape index (κ3) is 8.05. The van der Waals surface area contributed by atoms with Gasteiger partial charge in [0.05, 0.1) is 31.4 Å². The molecule has 2 heterocycles. The summed E-state index contributed by atoms with van der Waals surface area (Å²) in [4.78, 5) is 12.4. The largest absolute Gasteiger partial charge is 0.497 e. The van der Waals surface area contributed by atoms with E-state index in [1.165, 1.54) is 51.0 Å². The van der Waals surface area contributed by atoms with Crippen molar-refractivity contribution in [1.29, 1.82) is 0 Å². The lowest BCUT2D eigenvalue weighted by atomic mass is 9.82. The van der Waals surface area contributed by atoms with Crippen molar-refractivity contribution >= 4 is 33.1 Å². The van der Waals surface area contributed by atoms with Crippen molar-refractivity contribution in [3.8, 4) is 11.5 Å². The van der Waals surface area contributed by atoms with Crippen LogP contribution in [0.25, 0.3) is 0 Å². The second-order valence-electron chi connectivity index (χ2n) is 12.2. The van der Waals surface area contributed by atoms with E-state index < -0.39 is 21.8 Å². The Bertz CT molecular complexity index is 1860. The molecule has 0 bridgehead atoms. The van der Waals surface area contributed by atoms with E-state index in [0.717, 1.165) is 28.9 Å². The predicted molar refractivity (Wildman–Crippen MR) is 184 cm³/mol. The molecule has 0 amide bonds. The van der Waals surface area contributed by atoms with E-state index in [0.29, 0.717) is 48.6 Å². The van der Waals surface area contributed by atoms with Crippen LogP contribution < -0.4 is 18.7 Å². The minimum atomic E-state index is -4.40. The highest BCUT2D eigenvalue weighted by molar-refractivity contribution is 7.93. The average Bonchev–Trinajstić information content (AvgIpc) is 3.09. The summed E-state index contributed by atoms with van der Waals surface area (Å²) in [6, 6.07) is 17.0. The van der Waals surface area contributed by atoms with Gasteiger partial charge in [-0.05, 0) is 81.7 Å². The second-order valence-corrected chi connectivity index (χ2v) is 14.5. The Morgan fingerprint density at radius 3 is 2.47 bits per heavy atom. The van der Waals surface area contributed by atoms with E-state index in [4.69, 9.17) is 21.1 Å². The molecule has 0 aliphatic carbocycles. The van der Waals surface area contributed by atoms with E-state index >= 15 is 0 Å². The van der Waals surface area contributed by atoms with Crippen LogP contribution in [0.15, 0.2) is 84.1 Å². The highest BCUT2D eigenvalue weighted by Crippen LogP contribution is 2.38. The fourth-order valence-corrected chi connectivity index (χ4v) is 8.19. The monoisotopic (exact) mass is 717 g/mol. The number of alkyl halides is 3. The zero-order valence-corrected chi connectivity index (χ0v) is 29.3. The molecule has 3 aromatic carbocycles. The van der Waals surface area contributed by atoms with Gasteiger partial charge in [0.15, 0.2) is 0 Å². The molecule has 262 valence electrons. The lowest BCUT2D eigenvalue weighted by molar-refractivity contribution is -0.137. The summed E-state index contributed by atoms with van der Waals surface area (Å²) in [5.74, 6) is 1.15. The van der Waals surface area contributed by atoms with Crippen molar-refractivity contribution in [2.24, 2.45) is 0 Å². The molecule has 1 fully saturated rings. The van der Waals surface area contributed by atoms with Gasteiger partial charge in [-0.15, -0.1) is 0 Å². The average molecular weight is 718 g/mol. The maximum absolute atomic E-state index is 14.3. The number of sulfonamides is 1. The van der Waals surface area contributed by atoms with Gasteiger partial charge in [0, 0.05) is 48.2 Å². The van der Waals surface area contributed by atoms with Crippen molar-refractivity contribution in [2.45, 2.75) is 48.8 Å². The normalized spacial score (nSPS) is 16.9. The fraction of sp³-hybridized carbons (Fsp3) is 0.371. The standard InChI is InChI=1S/C35H39ClF3N5O4S/c1-42(2)34(16-13-25-7-5-8-27(19-25)35(37,38)39)15-6-18-43(23-34)28-10-12-32(30(36)20-28)49(45,46)44(33-14-17-40-24-41-33)22-26-9-11-29(47-3)21-31(26)48-4/h5,7-12,14,17,19-21,24H,6,13,15-16,18,22-23H2,1-4H3/t34-/m1/s1. The maximum Gasteiger partial charge on any atom is 0.416 e. The molecule has 0 saturated carbocycles. The first-order valence-electron chi connectivity index (χ1n) is 15.7. The number of aryl methyl sites for hydroxylation is 1. The van der Waals surface area contributed by atoms with Crippen LogP contribution in [0.4, 0.5) is 24.7 Å². The number of nitrogens with zero attached hydrogens (tertiary/aromatic N) is 5. The molecule has 4 aromatic rings. The first-order valence-corrected chi connectivity index (χ1v) is 17.5. The van der Waals surface area contributed by atoms with Crippen molar-refractivity contribution in [3.05, 3.63) is 101 Å². The predicted octanol–water partition coefficient (Wildman–Crippen LogP) is 7.09. The molecule has 1 aliphatic heterocycles. The smallest absolute Gasteiger partial charge is 0.416 e. The molecule has 1 aromatic heterocycles. The molecule has 49 heavy (non-hydrogen) atoms. The quantitative estimate of drug-likeness (QED) is 0.154. The Balaban J connectivity index is 1.41. The van der Waals surface area contributed by atoms with Gasteiger partial charge in [0.1, 0.15) is 28.5 Å². The highest BCUT2D eigenvalue weighted by atomic mass is 35.5. The van der Waals surface area contributed by atoms with Crippen LogP contribution in [-0.2, 0) is 29.2 Å². The van der Waals surface area contributed by atoms with Gasteiger partial charge in [-0.1, -0.05) is 29.8 Å². The molecular weight excluding hydrogens is 679 g/mol. The number of piperidine rings is 1. The van der Waals surface area contributed by atoms with E-state index in [1.54, 1.807) is 36.4 Å². The minimum Gasteiger partial charge on any atom is -0.497 e. The van der Waals surface area contributed by atoms with Crippen LogP contribution in [0.2, 0.25) is 5.02 Å². The van der Waals surface area contributed by atoms with Crippen molar-refractivity contribution < 1.29 is 31.1 Å². The minimum absolute atomic E-state index is 0.0447. The van der Waals surface area contributed by atoms with Crippen LogP contribution >= 0.6 is 11.6 Å². The highest BCUT2D eigenvalue weighted by Gasteiger charge is 2.38. The van der Waals surface area contributed by atoms with Gasteiger partial charge < -0.3 is 19.3 Å². The second kappa shape index (κ2) is 14.8. The van der Waals surface area contributed by atoms with Gasteiger partial charge in [-0.3, -0.25) is 0 Å². The third-order valence-electron chi connectivity index (χ3n) is 9.12. The summed E-state index contributed by atoms with van der Waals surface area (Å²) >= 11 is 6.78. The van der Waals surface area contributed by atoms with E-state index in [1.807, 2.05) is 14.1 Å². The SMILES string of the molecule is COc1ccc(CN(c2ccncn2)S(=O)(=O)c2ccc(N3CCC[C@](CCc4cccc(C(F)(F)F)c4)(N(C)C)C3)cc2Cl)c(OC)c1. The zero-order chi connectivity index (χ0) is 35.4. The number of methoxy groups -OCH3 is 2. The van der Waals surface area contributed by atoms with Gasteiger partial charge in [0.2, 0.25) is 0 Å². The van der Waals surface area contributed by atoms with Gasteiger partial charge in [0.25, 0.3) is 10.0 Å². The number of halogens is 4. The fourth-order valence-electron chi connectivity index (χ4n) is 6.28. The van der Waals surface area contributed by atoms with Gasteiger partial charge >= 0.3 is 6.18 Å². The molecule has 5 rings (SSSR count). The Morgan fingerprint density at radius 1 is 1.02 bits per heavy atom. The molecule has 0 radical (unpaired) electrons. The Hall–Kier alpha value is -4.07. The Morgan fingerprint density at radius 2 is 1.82 bits per heavy atom. The maximum atomic E-state index is 14.3. The summed E-state index contributed by atoms with van der Waals surface area (Å²) in [5, 5.41) is 0.0447. The van der Waals surface area contributed by atoms with Gasteiger partial charge in [-0.2, -0.15) is 13.2 Å². The number of anilines is 2. The lowest BCUT2D eigenvalue weighted by Gasteiger charge is -2.48. The third-order valence-corrected chi connectivity index (χ3v) is 11.3. The first-order chi connectivity index (χ1) is 23.3. The van der Waals surface area contributed by atoms with Crippen molar-refractivity contribution in [3.63, 3.8) is 0 Å². The summed E-state index contributed by atoms with van der Waals surface area (Å²) < 4.78 is 80.6. The van der Waals surface area contributed by atoms with Crippen molar-refractivity contribution in [1.82, 2.24) is 14.9 Å². The first kappa shape index (κ1) is 36.2. The molecule has 1 aliphatic rings. The molecule has 0 spiro atoms. The van der Waals surface area contributed by atoms with Crippen LogP contribution in [0.3, 0.4) is 0 Å². The van der Waals surface area contributed by atoms with Gasteiger partial charge in [-0.25, -0.2) is 22.7 Å². The lowest BCUT2D eigenvalue weighted by Crippen LogP contribution is -2.56. The molecule has 0 N–H and O–H groups in total. The molecule has 1 atom stereocenters. The molecule has 0 unspecified atom stereocenters. The summed E-state index contributed by atoms with van der Waals surface area (Å²) in [6.45, 7) is 1.20. The number of benzene rings is 3. The number of hydrogen-bond donors (Lipinski definition) is 0. The van der Waals surface area contributed by atoms with E-state index in [2.05, 4.69) is 19.8 Å². The van der Waals surface area contributed by atoms with Crippen LogP contribution in [0, 0.1) is 0 Å². The number of ether oxygens (including phenoxy) is 2. The number of likely N-dealkylation sites (N-methyl/N-ethyl adjacent to an activating group) is 1. The summed E-state index contributed by atoms with van der Waals surface area (Å²) in [6.07, 6.45) is 1.15. The number of rotatable bonds is 12. The van der Waals surface area contributed by atoms with Crippen LogP contribution in [0.5, 0.6) is 11.5 Å². The number of hydrogen-bond acceptors (Lipinski definition) is 8. The Kier molecular flexibility index (Phi) is 10.9. The van der Waals surface area contributed by atoms with Crippen LogP contribution in [0.1, 0.15) is 36.0 Å². The van der Waals surface area contributed by atoms with Crippen LogP contribution in [-0.4, -0.2) is 70.2 Å². The summed E-state index contributed by atoms with van der Waals surface area (Å²) in [7, 11) is 2.75. The van der Waals surface area contributed by atoms with Crippen molar-refractivity contribution in [2.75, 3.05) is 50.6 Å². The molecule has 14 heteroatoms. The zero-order valence-electron chi connectivity index (χ0n) is 27.7. The summed E-state index contributed by atoms with van der Waals surface area (Å²) in [5.41, 5.74) is 0.980. The molecular formula is C35H39ClF3N5O4S. The van der Waals surface area contributed by atoms with E-state index in [-0.39, 0.29) is 27.8 Å². The molecule has 9 nitrogen and oxygen atoms in total. The number of aromatic nitrogens is 2. The van der Waals surface area contributed by atoms with E-state index in [9.17, 15) is 21.6 Å². The molecule has 1 saturated heterocycles. The Labute approximate surface area is 290 Å². The topological polar surface area (TPSA) is 88.1 Å².